The molecule has 21 heavy (non-hydrogen) atoms. The molecule has 0 bridgehead atoms. The third-order valence-corrected chi connectivity index (χ3v) is 3.57. The fraction of sp³-hybridized carbons (Fsp3) is 0. The third kappa shape index (κ3) is 3.56. The van der Waals surface area contributed by atoms with Gasteiger partial charge in [-0.05, 0) is 36.4 Å². The van der Waals surface area contributed by atoms with Crippen molar-refractivity contribution in [2.75, 3.05) is 11.1 Å². The normalized spacial score (nSPS) is 11.1. The van der Waals surface area contributed by atoms with E-state index in [-0.39, 0.29) is 21.8 Å². The van der Waals surface area contributed by atoms with Crippen molar-refractivity contribution in [3.8, 4) is 0 Å². The molecule has 8 heteroatoms. The number of nitrogens with two attached hydrogens (primary N) is 2. The van der Waals surface area contributed by atoms with Crippen LogP contribution in [0.5, 0.6) is 0 Å². The summed E-state index contributed by atoms with van der Waals surface area (Å²) < 4.78 is 36.1. The molecular formula is C13H12FN3O3S. The molecule has 0 aliphatic carbocycles. The fourth-order valence-corrected chi connectivity index (χ4v) is 2.22. The van der Waals surface area contributed by atoms with Crippen LogP contribution in [0.1, 0.15) is 10.4 Å². The molecule has 0 atom stereocenters. The van der Waals surface area contributed by atoms with Gasteiger partial charge in [0.2, 0.25) is 10.0 Å². The van der Waals surface area contributed by atoms with Gasteiger partial charge in [-0.15, -0.1) is 0 Å². The first-order chi connectivity index (χ1) is 9.77. The molecule has 0 aromatic heterocycles. The number of nitrogens with one attached hydrogen (secondary N) is 1. The van der Waals surface area contributed by atoms with Gasteiger partial charge in [-0.3, -0.25) is 4.79 Å². The Morgan fingerprint density at radius 1 is 1.14 bits per heavy atom. The standard InChI is InChI=1S/C13H12FN3O3S/c14-12-6-8(15)4-5-11(12)13(18)17-9-2-1-3-10(7-9)21(16,19)20/h1-7H,15H2,(H,17,18)(H2,16,19,20). The number of primary sulfonamides is 1. The number of halogens is 1. The highest BCUT2D eigenvalue weighted by Gasteiger charge is 2.13. The summed E-state index contributed by atoms with van der Waals surface area (Å²) in [6, 6.07) is 8.99. The van der Waals surface area contributed by atoms with Crippen LogP contribution in [0.4, 0.5) is 15.8 Å². The van der Waals surface area contributed by atoms with Crippen LogP contribution in [0.15, 0.2) is 47.4 Å². The summed E-state index contributed by atoms with van der Waals surface area (Å²) in [5.74, 6) is -1.49. The van der Waals surface area contributed by atoms with Gasteiger partial charge in [0.15, 0.2) is 0 Å². The van der Waals surface area contributed by atoms with Crippen molar-refractivity contribution >= 4 is 27.3 Å². The maximum atomic E-state index is 13.6. The van der Waals surface area contributed by atoms with E-state index in [9.17, 15) is 17.6 Å². The first kappa shape index (κ1) is 14.9. The minimum Gasteiger partial charge on any atom is -0.399 e. The SMILES string of the molecule is Nc1ccc(C(=O)Nc2cccc(S(N)(=O)=O)c2)c(F)c1. The Kier molecular flexibility index (Phi) is 3.92. The number of hydrogen-bond donors (Lipinski definition) is 3. The van der Waals surface area contributed by atoms with Crippen LogP contribution in [-0.4, -0.2) is 14.3 Å². The summed E-state index contributed by atoms with van der Waals surface area (Å²) >= 11 is 0. The van der Waals surface area contributed by atoms with Crippen LogP contribution < -0.4 is 16.2 Å². The fourth-order valence-electron chi connectivity index (χ4n) is 1.66. The molecule has 0 saturated carbocycles. The smallest absolute Gasteiger partial charge is 0.258 e. The van der Waals surface area contributed by atoms with Crippen LogP contribution in [-0.2, 0) is 10.0 Å². The van der Waals surface area contributed by atoms with Gasteiger partial charge in [0, 0.05) is 11.4 Å². The molecule has 6 nitrogen and oxygen atoms in total. The molecule has 5 N–H and O–H groups in total. The molecule has 0 aliphatic heterocycles. The summed E-state index contributed by atoms with van der Waals surface area (Å²) in [6.45, 7) is 0. The van der Waals surface area contributed by atoms with E-state index < -0.39 is 21.7 Å². The number of nitrogen functional groups attached to an aromatic ring is 1. The highest BCUT2D eigenvalue weighted by molar-refractivity contribution is 7.89. The Bertz CT molecular complexity index is 806. The monoisotopic (exact) mass is 309 g/mol. The van der Waals surface area contributed by atoms with Crippen LogP contribution >= 0.6 is 0 Å². The van der Waals surface area contributed by atoms with E-state index in [1.807, 2.05) is 0 Å². The van der Waals surface area contributed by atoms with Gasteiger partial charge < -0.3 is 11.1 Å². The van der Waals surface area contributed by atoms with Crippen LogP contribution in [0, 0.1) is 5.82 Å². The van der Waals surface area contributed by atoms with E-state index >= 15 is 0 Å². The van der Waals surface area contributed by atoms with Gasteiger partial charge in [0.1, 0.15) is 5.82 Å². The van der Waals surface area contributed by atoms with Crippen molar-refractivity contribution in [2.24, 2.45) is 5.14 Å². The van der Waals surface area contributed by atoms with Crippen molar-refractivity contribution in [3.05, 3.63) is 53.8 Å². The van der Waals surface area contributed by atoms with Gasteiger partial charge in [0.25, 0.3) is 5.91 Å². The molecule has 1 amide bonds. The van der Waals surface area contributed by atoms with Crippen molar-refractivity contribution in [1.82, 2.24) is 0 Å². The highest BCUT2D eigenvalue weighted by atomic mass is 32.2. The molecule has 0 saturated heterocycles. The summed E-state index contributed by atoms with van der Waals surface area (Å²) in [4.78, 5) is 11.8. The molecule has 2 aromatic carbocycles. The molecule has 2 rings (SSSR count). The average Bonchev–Trinajstić information content (AvgIpc) is 2.37. The van der Waals surface area contributed by atoms with Crippen LogP contribution in [0.25, 0.3) is 0 Å². The average molecular weight is 309 g/mol. The number of benzene rings is 2. The van der Waals surface area contributed by atoms with Gasteiger partial charge in [-0.25, -0.2) is 17.9 Å². The van der Waals surface area contributed by atoms with Crippen molar-refractivity contribution in [2.45, 2.75) is 4.90 Å². The number of carbonyl (C=O) groups excluding carboxylic acids is 1. The minimum atomic E-state index is -3.88. The van der Waals surface area contributed by atoms with E-state index in [0.717, 1.165) is 6.07 Å². The maximum Gasteiger partial charge on any atom is 0.258 e. The highest BCUT2D eigenvalue weighted by Crippen LogP contribution is 2.17. The zero-order valence-electron chi connectivity index (χ0n) is 10.7. The number of anilines is 2. The van der Waals surface area contributed by atoms with Gasteiger partial charge in [-0.2, -0.15) is 0 Å². The van der Waals surface area contributed by atoms with Gasteiger partial charge in [-0.1, -0.05) is 6.07 Å². The first-order valence-electron chi connectivity index (χ1n) is 5.76. The predicted octanol–water partition coefficient (Wildman–Crippen LogP) is 1.31. The van der Waals surface area contributed by atoms with Gasteiger partial charge in [0.05, 0.1) is 10.5 Å². The van der Waals surface area contributed by atoms with E-state index in [1.54, 1.807) is 0 Å². The second-order valence-corrected chi connectivity index (χ2v) is 5.83. The molecule has 0 unspecified atom stereocenters. The summed E-state index contributed by atoms with van der Waals surface area (Å²) in [7, 11) is -3.88. The maximum absolute atomic E-state index is 13.6. The summed E-state index contributed by atoms with van der Waals surface area (Å²) in [6.07, 6.45) is 0. The summed E-state index contributed by atoms with van der Waals surface area (Å²) in [5, 5.41) is 7.39. The lowest BCUT2D eigenvalue weighted by Gasteiger charge is -2.08. The number of carbonyl (C=O) groups is 1. The lowest BCUT2D eigenvalue weighted by atomic mass is 10.1. The second kappa shape index (κ2) is 5.51. The molecular weight excluding hydrogens is 297 g/mol. The van der Waals surface area contributed by atoms with Crippen molar-refractivity contribution in [3.63, 3.8) is 0 Å². The van der Waals surface area contributed by atoms with E-state index in [0.29, 0.717) is 0 Å². The van der Waals surface area contributed by atoms with E-state index in [1.165, 1.54) is 36.4 Å². The van der Waals surface area contributed by atoms with E-state index in [2.05, 4.69) is 5.32 Å². The molecule has 0 radical (unpaired) electrons. The molecule has 110 valence electrons. The quantitative estimate of drug-likeness (QED) is 0.741. The molecule has 0 heterocycles. The second-order valence-electron chi connectivity index (χ2n) is 4.27. The largest absolute Gasteiger partial charge is 0.399 e. The number of hydrogen-bond acceptors (Lipinski definition) is 4. The molecule has 0 aliphatic rings. The lowest BCUT2D eigenvalue weighted by Crippen LogP contribution is -2.16. The summed E-state index contributed by atoms with van der Waals surface area (Å²) in [5.41, 5.74) is 5.57. The third-order valence-electron chi connectivity index (χ3n) is 2.66. The Morgan fingerprint density at radius 3 is 2.48 bits per heavy atom. The predicted molar refractivity (Wildman–Crippen MR) is 76.6 cm³/mol. The number of sulfonamides is 1. The molecule has 2 aromatic rings. The van der Waals surface area contributed by atoms with E-state index in [4.69, 9.17) is 10.9 Å². The zero-order chi connectivity index (χ0) is 15.6. The Labute approximate surface area is 120 Å². The number of amides is 1. The lowest BCUT2D eigenvalue weighted by molar-refractivity contribution is 0.102. The zero-order valence-corrected chi connectivity index (χ0v) is 11.5. The Hall–Kier alpha value is -2.45. The Morgan fingerprint density at radius 2 is 1.86 bits per heavy atom. The van der Waals surface area contributed by atoms with Gasteiger partial charge >= 0.3 is 0 Å². The minimum absolute atomic E-state index is 0.155. The van der Waals surface area contributed by atoms with Crippen LogP contribution in [0.3, 0.4) is 0 Å². The topological polar surface area (TPSA) is 115 Å². The first-order valence-corrected chi connectivity index (χ1v) is 7.31. The van der Waals surface area contributed by atoms with Crippen molar-refractivity contribution in [1.29, 1.82) is 0 Å². The van der Waals surface area contributed by atoms with Crippen molar-refractivity contribution < 1.29 is 17.6 Å². The molecule has 0 spiro atoms. The Balaban J connectivity index is 2.28. The van der Waals surface area contributed by atoms with Crippen LogP contribution in [0.2, 0.25) is 0 Å². The molecule has 0 fully saturated rings. The number of rotatable bonds is 3.